The van der Waals surface area contributed by atoms with Crippen molar-refractivity contribution in [1.29, 1.82) is 0 Å². The lowest BCUT2D eigenvalue weighted by Crippen LogP contribution is -2.19. The summed E-state index contributed by atoms with van der Waals surface area (Å²) in [5, 5.41) is 3.35. The number of nitrogens with zero attached hydrogens (tertiary/aromatic N) is 1. The molecule has 3 nitrogen and oxygen atoms in total. The van der Waals surface area contributed by atoms with Crippen LogP contribution in [0.2, 0.25) is 0 Å². The van der Waals surface area contributed by atoms with Crippen LogP contribution < -0.4 is 10.9 Å². The molecule has 0 amide bonds. The molecule has 90 valence electrons. The van der Waals surface area contributed by atoms with E-state index < -0.39 is 0 Å². The van der Waals surface area contributed by atoms with Crippen molar-refractivity contribution >= 4 is 5.69 Å². The van der Waals surface area contributed by atoms with E-state index >= 15 is 0 Å². The van der Waals surface area contributed by atoms with Gasteiger partial charge in [-0.3, -0.25) is 4.79 Å². The maximum absolute atomic E-state index is 11.5. The molecule has 0 aliphatic rings. The van der Waals surface area contributed by atoms with Gasteiger partial charge in [0.2, 0.25) is 0 Å². The Morgan fingerprint density at radius 2 is 2.00 bits per heavy atom. The molecule has 0 aromatic carbocycles. The summed E-state index contributed by atoms with van der Waals surface area (Å²) in [7, 11) is 0. The summed E-state index contributed by atoms with van der Waals surface area (Å²) in [6.45, 7) is 6.05. The van der Waals surface area contributed by atoms with Gasteiger partial charge >= 0.3 is 0 Å². The smallest absolute Gasteiger partial charge is 0.250 e. The summed E-state index contributed by atoms with van der Waals surface area (Å²) in [5.41, 5.74) is 1.13. The predicted molar refractivity (Wildman–Crippen MR) is 69.0 cm³/mol. The molecule has 0 unspecified atom stereocenters. The van der Waals surface area contributed by atoms with Crippen LogP contribution in [0.3, 0.4) is 0 Å². The SMILES string of the molecule is CCCCCNc1ccc(=O)n(CCC)c1. The molecular weight excluding hydrogens is 200 g/mol. The third-order valence-corrected chi connectivity index (χ3v) is 2.56. The Morgan fingerprint density at radius 1 is 1.19 bits per heavy atom. The van der Waals surface area contributed by atoms with Crippen molar-refractivity contribution in [3.8, 4) is 0 Å². The lowest BCUT2D eigenvalue weighted by molar-refractivity contribution is 0.654. The lowest BCUT2D eigenvalue weighted by atomic mass is 10.2. The number of aromatic nitrogens is 1. The van der Waals surface area contributed by atoms with Gasteiger partial charge in [-0.15, -0.1) is 0 Å². The molecule has 1 rings (SSSR count). The molecule has 1 aromatic heterocycles. The Labute approximate surface area is 97.5 Å². The van der Waals surface area contributed by atoms with Gasteiger partial charge < -0.3 is 9.88 Å². The zero-order valence-corrected chi connectivity index (χ0v) is 10.3. The third-order valence-electron chi connectivity index (χ3n) is 2.56. The summed E-state index contributed by atoms with van der Waals surface area (Å²) in [6.07, 6.45) is 6.57. The number of unbranched alkanes of at least 4 members (excludes halogenated alkanes) is 2. The molecule has 0 atom stereocenters. The van der Waals surface area contributed by atoms with Crippen LogP contribution in [-0.4, -0.2) is 11.1 Å². The van der Waals surface area contributed by atoms with E-state index in [9.17, 15) is 4.79 Å². The predicted octanol–water partition coefficient (Wildman–Crippen LogP) is 2.86. The van der Waals surface area contributed by atoms with E-state index in [4.69, 9.17) is 0 Å². The van der Waals surface area contributed by atoms with Crippen molar-refractivity contribution in [2.45, 2.75) is 46.1 Å². The Balaban J connectivity index is 2.53. The standard InChI is InChI=1S/C13H22N2O/c1-3-5-6-9-14-12-7-8-13(16)15(11-12)10-4-2/h7-8,11,14H,3-6,9-10H2,1-2H3. The van der Waals surface area contributed by atoms with E-state index in [0.717, 1.165) is 25.2 Å². The molecule has 3 heteroatoms. The van der Waals surface area contributed by atoms with Gasteiger partial charge in [-0.2, -0.15) is 0 Å². The van der Waals surface area contributed by atoms with Crippen molar-refractivity contribution in [2.75, 3.05) is 11.9 Å². The summed E-state index contributed by atoms with van der Waals surface area (Å²) < 4.78 is 1.77. The van der Waals surface area contributed by atoms with E-state index in [2.05, 4.69) is 19.2 Å². The van der Waals surface area contributed by atoms with Crippen LogP contribution in [0, 0.1) is 0 Å². The van der Waals surface area contributed by atoms with Gasteiger partial charge in [-0.1, -0.05) is 26.7 Å². The molecular formula is C13H22N2O. The Morgan fingerprint density at radius 3 is 2.69 bits per heavy atom. The number of rotatable bonds is 7. The first-order chi connectivity index (χ1) is 7.77. The van der Waals surface area contributed by atoms with E-state index in [1.165, 1.54) is 19.3 Å². The molecule has 1 aromatic rings. The molecule has 0 saturated carbocycles. The zero-order valence-electron chi connectivity index (χ0n) is 10.3. The quantitative estimate of drug-likeness (QED) is 0.720. The molecule has 0 saturated heterocycles. The van der Waals surface area contributed by atoms with E-state index in [1.54, 1.807) is 10.6 Å². The average Bonchev–Trinajstić information content (AvgIpc) is 2.29. The fourth-order valence-corrected chi connectivity index (χ4v) is 1.66. The highest BCUT2D eigenvalue weighted by Crippen LogP contribution is 2.04. The molecule has 16 heavy (non-hydrogen) atoms. The van der Waals surface area contributed by atoms with Gasteiger partial charge in [-0.25, -0.2) is 0 Å². The topological polar surface area (TPSA) is 34.0 Å². The number of aryl methyl sites for hydroxylation is 1. The molecule has 0 radical (unpaired) electrons. The summed E-state index contributed by atoms with van der Waals surface area (Å²) in [6, 6.07) is 3.50. The van der Waals surface area contributed by atoms with Crippen LogP contribution in [0.4, 0.5) is 5.69 Å². The first-order valence-electron chi connectivity index (χ1n) is 6.22. The molecule has 0 spiro atoms. The molecule has 1 N–H and O–H groups in total. The van der Waals surface area contributed by atoms with Gasteiger partial charge in [0.05, 0.1) is 5.69 Å². The van der Waals surface area contributed by atoms with Gasteiger partial charge in [-0.05, 0) is 18.9 Å². The second kappa shape index (κ2) is 7.09. The van der Waals surface area contributed by atoms with Gasteiger partial charge in [0.15, 0.2) is 0 Å². The number of anilines is 1. The fraction of sp³-hybridized carbons (Fsp3) is 0.615. The van der Waals surface area contributed by atoms with Crippen molar-refractivity contribution in [3.05, 3.63) is 28.7 Å². The second-order valence-corrected chi connectivity index (χ2v) is 4.08. The van der Waals surface area contributed by atoms with Gasteiger partial charge in [0.1, 0.15) is 0 Å². The van der Waals surface area contributed by atoms with Crippen molar-refractivity contribution < 1.29 is 0 Å². The lowest BCUT2D eigenvalue weighted by Gasteiger charge is -2.09. The summed E-state index contributed by atoms with van der Waals surface area (Å²) in [4.78, 5) is 11.5. The van der Waals surface area contributed by atoms with Crippen molar-refractivity contribution in [3.63, 3.8) is 0 Å². The highest BCUT2D eigenvalue weighted by atomic mass is 16.1. The summed E-state index contributed by atoms with van der Waals surface area (Å²) >= 11 is 0. The Bertz CT molecular complexity index is 357. The third kappa shape index (κ3) is 4.09. The molecule has 1 heterocycles. The molecule has 0 aliphatic heterocycles. The molecule has 0 bridgehead atoms. The normalized spacial score (nSPS) is 10.4. The Kier molecular flexibility index (Phi) is 5.68. The minimum Gasteiger partial charge on any atom is -0.384 e. The number of nitrogens with one attached hydrogen (secondary N) is 1. The maximum Gasteiger partial charge on any atom is 0.250 e. The highest BCUT2D eigenvalue weighted by Gasteiger charge is 1.97. The van der Waals surface area contributed by atoms with Crippen molar-refractivity contribution in [2.24, 2.45) is 0 Å². The van der Waals surface area contributed by atoms with E-state index in [1.807, 2.05) is 12.3 Å². The van der Waals surface area contributed by atoms with E-state index in [0.29, 0.717) is 0 Å². The first-order valence-corrected chi connectivity index (χ1v) is 6.22. The number of hydrogen-bond acceptors (Lipinski definition) is 2. The monoisotopic (exact) mass is 222 g/mol. The van der Waals surface area contributed by atoms with Crippen LogP contribution in [0.5, 0.6) is 0 Å². The molecule has 0 fully saturated rings. The average molecular weight is 222 g/mol. The van der Waals surface area contributed by atoms with E-state index in [-0.39, 0.29) is 5.56 Å². The van der Waals surface area contributed by atoms with Gasteiger partial charge in [0.25, 0.3) is 5.56 Å². The van der Waals surface area contributed by atoms with Crippen LogP contribution in [-0.2, 0) is 6.54 Å². The van der Waals surface area contributed by atoms with Crippen molar-refractivity contribution in [1.82, 2.24) is 4.57 Å². The largest absolute Gasteiger partial charge is 0.384 e. The van der Waals surface area contributed by atoms with Crippen LogP contribution in [0.1, 0.15) is 39.5 Å². The highest BCUT2D eigenvalue weighted by molar-refractivity contribution is 5.40. The van der Waals surface area contributed by atoms with Crippen LogP contribution >= 0.6 is 0 Å². The maximum atomic E-state index is 11.5. The first kappa shape index (κ1) is 12.8. The van der Waals surface area contributed by atoms with Crippen LogP contribution in [0.15, 0.2) is 23.1 Å². The Hall–Kier alpha value is -1.25. The minimum absolute atomic E-state index is 0.0842. The fourth-order valence-electron chi connectivity index (χ4n) is 1.66. The summed E-state index contributed by atoms with van der Waals surface area (Å²) in [5.74, 6) is 0. The zero-order chi connectivity index (χ0) is 11.8. The second-order valence-electron chi connectivity index (χ2n) is 4.08. The number of pyridine rings is 1. The van der Waals surface area contributed by atoms with Crippen LogP contribution in [0.25, 0.3) is 0 Å². The minimum atomic E-state index is 0.0842. The van der Waals surface area contributed by atoms with Gasteiger partial charge in [0, 0.05) is 25.4 Å². The number of hydrogen-bond donors (Lipinski definition) is 1. The molecule has 0 aliphatic carbocycles.